The Morgan fingerprint density at radius 1 is 0.522 bits per heavy atom. The van der Waals surface area contributed by atoms with E-state index in [2.05, 4.69) is 82.8 Å². The van der Waals surface area contributed by atoms with Gasteiger partial charge in [0.2, 0.25) is 0 Å². The van der Waals surface area contributed by atoms with Gasteiger partial charge < -0.3 is 10.2 Å². The van der Waals surface area contributed by atoms with Gasteiger partial charge in [-0.2, -0.15) is 0 Å². The van der Waals surface area contributed by atoms with Gasteiger partial charge in [0.25, 0.3) is 0 Å². The van der Waals surface area contributed by atoms with E-state index in [1.54, 1.807) is 21.6 Å². The number of rotatable bonds is 11. The monoisotopic (exact) mass is 648 g/mol. The Morgan fingerprint density at radius 2 is 0.891 bits per heavy atom. The summed E-state index contributed by atoms with van der Waals surface area (Å²) in [6, 6.07) is 26.3. The third kappa shape index (κ3) is 7.10. The van der Waals surface area contributed by atoms with E-state index in [1.807, 2.05) is 48.0 Å². The Morgan fingerprint density at radius 3 is 1.22 bits per heavy atom. The molecule has 8 heteroatoms. The number of nitrogens with zero attached hydrogens (tertiary/aromatic N) is 4. The van der Waals surface area contributed by atoms with Crippen LogP contribution in [0.15, 0.2) is 117 Å². The summed E-state index contributed by atoms with van der Waals surface area (Å²) in [5.74, 6) is 0. The van der Waals surface area contributed by atoms with Crippen LogP contribution in [0.2, 0.25) is 0 Å². The van der Waals surface area contributed by atoms with Crippen LogP contribution in [-0.2, 0) is 13.1 Å². The van der Waals surface area contributed by atoms with Crippen molar-refractivity contribution < 1.29 is 19.3 Å². The molecule has 234 valence electrons. The lowest BCUT2D eigenvalue weighted by molar-refractivity contribution is -0.698. The molecule has 46 heavy (non-hydrogen) atoms. The summed E-state index contributed by atoms with van der Waals surface area (Å²) in [6.45, 7) is 1.47. The van der Waals surface area contributed by atoms with Crippen LogP contribution in [0.25, 0.3) is 22.3 Å². The van der Waals surface area contributed by atoms with Gasteiger partial charge in [0.15, 0.2) is 37.9 Å². The summed E-state index contributed by atoms with van der Waals surface area (Å²) in [5, 5.41) is 18.5. The Balaban J connectivity index is 1.16. The van der Waals surface area contributed by atoms with Crippen molar-refractivity contribution in [3.63, 3.8) is 0 Å². The average molecular weight is 649 g/mol. The van der Waals surface area contributed by atoms with Crippen LogP contribution < -0.4 is 9.13 Å². The quantitative estimate of drug-likeness (QED) is 0.142. The van der Waals surface area contributed by atoms with Gasteiger partial charge in [-0.05, 0) is 83.3 Å². The van der Waals surface area contributed by atoms with Gasteiger partial charge in [-0.25, -0.2) is 9.13 Å². The summed E-state index contributed by atoms with van der Waals surface area (Å²) < 4.78 is 4.01. The molecule has 0 radical (unpaired) electrons. The fraction of sp³-hybridized carbons (Fsp3) is 0.263. The van der Waals surface area contributed by atoms with E-state index < -0.39 is 0 Å². The molecule has 6 rings (SSSR count). The first kappa shape index (κ1) is 32.1. The summed E-state index contributed by atoms with van der Waals surface area (Å²) in [6.07, 6.45) is 12.0. The SMILES string of the molecule is CN=C1CCC(c2cc[n+](CCO)cc2)=C1c1ccc(SSc2ccc(C3=C(c4cc[n+](CCO)cc4)CCC3=NC)cc2)cc1. The fourth-order valence-corrected chi connectivity index (χ4v) is 8.27. The van der Waals surface area contributed by atoms with Crippen molar-refractivity contribution in [1.82, 2.24) is 0 Å². The maximum absolute atomic E-state index is 9.26. The molecule has 0 unspecified atom stereocenters. The van der Waals surface area contributed by atoms with Crippen LogP contribution in [0.1, 0.15) is 47.9 Å². The minimum atomic E-state index is 0.134. The number of pyridine rings is 2. The number of aromatic nitrogens is 2. The van der Waals surface area contributed by atoms with Crippen LogP contribution >= 0.6 is 21.6 Å². The zero-order valence-corrected chi connectivity index (χ0v) is 28.0. The summed E-state index contributed by atoms with van der Waals surface area (Å²) in [5.41, 5.74) is 12.3. The molecule has 2 aliphatic rings. The minimum absolute atomic E-state index is 0.134. The van der Waals surface area contributed by atoms with E-state index in [1.165, 1.54) is 54.3 Å². The Labute approximate surface area is 279 Å². The van der Waals surface area contributed by atoms with Gasteiger partial charge in [-0.15, -0.1) is 0 Å². The number of aliphatic hydroxyl groups is 2. The molecule has 2 aromatic heterocycles. The highest BCUT2D eigenvalue weighted by molar-refractivity contribution is 8.76. The Bertz CT molecular complexity index is 1660. The van der Waals surface area contributed by atoms with Gasteiger partial charge in [0.1, 0.15) is 13.2 Å². The maximum atomic E-state index is 9.26. The molecule has 2 N–H and O–H groups in total. The van der Waals surface area contributed by atoms with Crippen molar-refractivity contribution in [2.75, 3.05) is 27.3 Å². The van der Waals surface area contributed by atoms with Gasteiger partial charge in [-0.3, -0.25) is 9.98 Å². The number of allylic oxidation sites excluding steroid dienone is 4. The summed E-state index contributed by atoms with van der Waals surface area (Å²) >= 11 is 0. The van der Waals surface area contributed by atoms with E-state index in [0.717, 1.165) is 37.1 Å². The van der Waals surface area contributed by atoms with Crippen LogP contribution in [0.5, 0.6) is 0 Å². The highest BCUT2D eigenvalue weighted by Crippen LogP contribution is 2.42. The average Bonchev–Trinajstić information content (AvgIpc) is 3.74. The first-order chi connectivity index (χ1) is 22.6. The van der Waals surface area contributed by atoms with Gasteiger partial charge >= 0.3 is 0 Å². The largest absolute Gasteiger partial charge is 0.390 e. The van der Waals surface area contributed by atoms with Crippen molar-refractivity contribution in [3.8, 4) is 0 Å². The fourth-order valence-electron chi connectivity index (χ4n) is 6.34. The first-order valence-electron chi connectivity index (χ1n) is 15.8. The van der Waals surface area contributed by atoms with E-state index in [4.69, 9.17) is 0 Å². The highest BCUT2D eigenvalue weighted by Gasteiger charge is 2.25. The molecule has 2 heterocycles. The molecule has 2 aliphatic carbocycles. The summed E-state index contributed by atoms with van der Waals surface area (Å²) in [7, 11) is 7.32. The molecular weight excluding hydrogens is 609 g/mol. The standard InChI is InChI=1S/C38H40N4O2S2/c1-39-35-13-11-33(27-15-19-41(20-16-27)23-25-43)37(35)29-3-7-31(8-4-29)45-46-32-9-5-30(6-10-32)38-34(12-14-36(38)40-2)28-17-21-42(22-18-28)24-26-44/h3-10,15-22,43-44H,11-14,23-26H2,1-2H3/q+2. The number of hydrogen-bond acceptors (Lipinski definition) is 6. The molecule has 4 aromatic rings. The highest BCUT2D eigenvalue weighted by atomic mass is 33.1. The van der Waals surface area contributed by atoms with Crippen molar-refractivity contribution >= 4 is 55.3 Å². The smallest absolute Gasteiger partial charge is 0.171 e. The van der Waals surface area contributed by atoms with Gasteiger partial charge in [-0.1, -0.05) is 45.9 Å². The van der Waals surface area contributed by atoms with Gasteiger partial charge in [0.05, 0.1) is 0 Å². The molecule has 0 amide bonds. The van der Waals surface area contributed by atoms with Crippen LogP contribution in [0, 0.1) is 0 Å². The third-order valence-corrected chi connectivity index (χ3v) is 11.1. The predicted octanol–water partition coefficient (Wildman–Crippen LogP) is 6.60. The Kier molecular flexibility index (Phi) is 10.6. The van der Waals surface area contributed by atoms with Crippen molar-refractivity contribution in [3.05, 3.63) is 120 Å². The molecule has 0 saturated heterocycles. The summed E-state index contributed by atoms with van der Waals surface area (Å²) in [4.78, 5) is 11.7. The zero-order valence-electron chi connectivity index (χ0n) is 26.4. The maximum Gasteiger partial charge on any atom is 0.171 e. The van der Waals surface area contributed by atoms with Crippen molar-refractivity contribution in [2.24, 2.45) is 9.98 Å². The van der Waals surface area contributed by atoms with Crippen molar-refractivity contribution in [2.45, 2.75) is 48.6 Å². The second-order valence-corrected chi connectivity index (χ2v) is 13.6. The zero-order chi connectivity index (χ0) is 31.9. The molecule has 6 nitrogen and oxygen atoms in total. The van der Waals surface area contributed by atoms with E-state index in [0.29, 0.717) is 13.1 Å². The number of hydrogen-bond donors (Lipinski definition) is 2. The lowest BCUT2D eigenvalue weighted by Gasteiger charge is -2.11. The van der Waals surface area contributed by atoms with Gasteiger partial charge in [0, 0.05) is 70.7 Å². The molecule has 0 fully saturated rings. The van der Waals surface area contributed by atoms with E-state index >= 15 is 0 Å². The Hall–Kier alpha value is -3.82. The van der Waals surface area contributed by atoms with E-state index in [9.17, 15) is 10.2 Å². The lowest BCUT2D eigenvalue weighted by Crippen LogP contribution is -2.34. The molecule has 0 bridgehead atoms. The van der Waals surface area contributed by atoms with Crippen LogP contribution in [0.4, 0.5) is 0 Å². The molecular formula is C38H40N4O2S2+2. The predicted molar refractivity (Wildman–Crippen MR) is 191 cm³/mol. The molecule has 2 aromatic carbocycles. The number of benzene rings is 2. The molecule has 0 aliphatic heterocycles. The normalized spacial score (nSPS) is 16.8. The number of aliphatic hydroxyl groups excluding tert-OH is 2. The first-order valence-corrected chi connectivity index (χ1v) is 17.9. The molecule has 0 atom stereocenters. The van der Waals surface area contributed by atoms with Crippen LogP contribution in [-0.4, -0.2) is 48.9 Å². The second kappa shape index (κ2) is 15.2. The molecule has 0 spiro atoms. The third-order valence-electron chi connectivity index (χ3n) is 8.66. The van der Waals surface area contributed by atoms with Crippen LogP contribution in [0.3, 0.4) is 0 Å². The minimum Gasteiger partial charge on any atom is -0.390 e. The second-order valence-electron chi connectivity index (χ2n) is 11.4. The van der Waals surface area contributed by atoms with Crippen molar-refractivity contribution in [1.29, 1.82) is 0 Å². The lowest BCUT2D eigenvalue weighted by atomic mass is 9.97. The number of aliphatic imine (C=N–C) groups is 2. The molecule has 0 saturated carbocycles. The topological polar surface area (TPSA) is 72.9 Å². The van der Waals surface area contributed by atoms with E-state index in [-0.39, 0.29) is 13.2 Å².